The predicted octanol–water partition coefficient (Wildman–Crippen LogP) is 5.49. The topological polar surface area (TPSA) is 75.7 Å². The maximum absolute atomic E-state index is 14.2. The van der Waals surface area contributed by atoms with Gasteiger partial charge in [0.25, 0.3) is 0 Å². The molecule has 36 heavy (non-hydrogen) atoms. The highest BCUT2D eigenvalue weighted by Gasteiger charge is 2.68. The van der Waals surface area contributed by atoms with Gasteiger partial charge in [-0.1, -0.05) is 76.7 Å². The van der Waals surface area contributed by atoms with Gasteiger partial charge in [0.2, 0.25) is 11.8 Å². The number of rotatable bonds is 4. The van der Waals surface area contributed by atoms with Gasteiger partial charge in [-0.15, -0.1) is 0 Å². The molecule has 0 radical (unpaired) electrons. The fourth-order valence-corrected chi connectivity index (χ4v) is 6.27. The van der Waals surface area contributed by atoms with E-state index in [0.29, 0.717) is 21.2 Å². The van der Waals surface area contributed by atoms with Crippen molar-refractivity contribution in [1.82, 2.24) is 5.32 Å². The normalized spacial score (nSPS) is 22.6. The third-order valence-electron chi connectivity index (χ3n) is 6.74. The van der Waals surface area contributed by atoms with Crippen LogP contribution in [0.15, 0.2) is 66.7 Å². The molecule has 2 aliphatic heterocycles. The number of anilines is 1. The Kier molecular flexibility index (Phi) is 6.52. The van der Waals surface area contributed by atoms with E-state index < -0.39 is 41.2 Å². The lowest BCUT2D eigenvalue weighted by atomic mass is 9.71. The van der Waals surface area contributed by atoms with Gasteiger partial charge < -0.3 is 4.74 Å². The first-order chi connectivity index (χ1) is 17.2. The van der Waals surface area contributed by atoms with Gasteiger partial charge in [-0.25, -0.2) is 4.90 Å². The second-order valence-corrected chi connectivity index (χ2v) is 10.2. The molecular weight excluding hydrogens is 546 g/mol. The lowest BCUT2D eigenvalue weighted by Gasteiger charge is -2.36. The summed E-state index contributed by atoms with van der Waals surface area (Å²) in [4.78, 5) is 42.1. The van der Waals surface area contributed by atoms with E-state index in [1.807, 2.05) is 0 Å². The van der Waals surface area contributed by atoms with Crippen LogP contribution in [-0.2, 0) is 24.7 Å². The number of fused-ring (bicyclic) bond motifs is 1. The van der Waals surface area contributed by atoms with Crippen LogP contribution in [0, 0.1) is 11.8 Å². The van der Waals surface area contributed by atoms with Crippen LogP contribution in [-0.4, -0.2) is 30.9 Å². The monoisotopic (exact) mass is 562 g/mol. The van der Waals surface area contributed by atoms with Gasteiger partial charge in [-0.3, -0.25) is 19.7 Å². The first kappa shape index (κ1) is 25.1. The third-order valence-corrected chi connectivity index (χ3v) is 7.82. The minimum absolute atomic E-state index is 0.0694. The van der Waals surface area contributed by atoms with Crippen molar-refractivity contribution in [1.29, 1.82) is 0 Å². The van der Waals surface area contributed by atoms with Gasteiger partial charge in [0.05, 0.1) is 40.2 Å². The summed E-state index contributed by atoms with van der Waals surface area (Å²) in [6.45, 7) is 0. The van der Waals surface area contributed by atoms with E-state index in [1.54, 1.807) is 54.6 Å². The molecule has 0 saturated carbocycles. The van der Waals surface area contributed by atoms with Crippen LogP contribution in [0.3, 0.4) is 0 Å². The summed E-state index contributed by atoms with van der Waals surface area (Å²) in [5.41, 5.74) is -0.132. The lowest BCUT2D eigenvalue weighted by Crippen LogP contribution is -2.52. The van der Waals surface area contributed by atoms with Crippen molar-refractivity contribution in [2.45, 2.75) is 11.6 Å². The molecule has 184 valence electrons. The molecule has 6 nitrogen and oxygen atoms in total. The summed E-state index contributed by atoms with van der Waals surface area (Å²) in [6, 6.07) is 17.3. The summed E-state index contributed by atoms with van der Waals surface area (Å²) in [7, 11) is 1.22. The highest BCUT2D eigenvalue weighted by molar-refractivity contribution is 6.42. The minimum atomic E-state index is -1.35. The molecule has 1 N–H and O–H groups in total. The van der Waals surface area contributed by atoms with Crippen LogP contribution in [0.1, 0.15) is 11.1 Å². The van der Waals surface area contributed by atoms with Gasteiger partial charge in [0.1, 0.15) is 6.04 Å². The summed E-state index contributed by atoms with van der Waals surface area (Å²) in [6.07, 6.45) is 0. The van der Waals surface area contributed by atoms with Crippen molar-refractivity contribution < 1.29 is 19.1 Å². The SMILES string of the molecule is COC(=O)[C@@H]1NC(c2cccc(Cl)c2)(c2cccc(Cl)c2)[C@@H]2C(=O)N(c3c(Cl)cccc3Cl)C(=O)[C@@H]21. The van der Waals surface area contributed by atoms with Crippen LogP contribution in [0.25, 0.3) is 0 Å². The van der Waals surface area contributed by atoms with E-state index in [1.165, 1.54) is 19.2 Å². The highest BCUT2D eigenvalue weighted by Crippen LogP contribution is 2.54. The molecule has 0 spiro atoms. The number of para-hydroxylation sites is 1. The molecule has 0 aromatic heterocycles. The molecular formula is C26H18Cl4N2O4. The predicted molar refractivity (Wildman–Crippen MR) is 139 cm³/mol. The van der Waals surface area contributed by atoms with Crippen molar-refractivity contribution in [2.24, 2.45) is 11.8 Å². The number of esters is 1. The van der Waals surface area contributed by atoms with E-state index >= 15 is 0 Å². The number of methoxy groups -OCH3 is 1. The zero-order chi connectivity index (χ0) is 25.8. The van der Waals surface area contributed by atoms with E-state index in [0.717, 1.165) is 4.90 Å². The number of nitrogens with one attached hydrogen (secondary N) is 1. The Bertz CT molecular complexity index is 1350. The molecule has 2 saturated heterocycles. The second-order valence-electron chi connectivity index (χ2n) is 8.56. The first-order valence-electron chi connectivity index (χ1n) is 10.9. The summed E-state index contributed by atoms with van der Waals surface area (Å²) >= 11 is 25.5. The molecule has 3 atom stereocenters. The Morgan fingerprint density at radius 3 is 1.89 bits per heavy atom. The fourth-order valence-electron chi connectivity index (χ4n) is 5.32. The van der Waals surface area contributed by atoms with E-state index in [9.17, 15) is 14.4 Å². The van der Waals surface area contributed by atoms with Gasteiger partial charge in [0, 0.05) is 10.0 Å². The Morgan fingerprint density at radius 2 is 1.39 bits per heavy atom. The standard InChI is InChI=1S/C26H18Cl4N2O4/c1-36-25(35)21-19-20(24(34)32(23(19)33)22-17(29)9-4-10-18(22)30)26(31-21,13-5-2-7-15(27)11-13)14-6-3-8-16(28)12-14/h2-12,19-21,31H,1H3/t19-,20-,21+/m0/s1. The van der Waals surface area contributed by atoms with Gasteiger partial charge in [-0.05, 0) is 47.5 Å². The molecule has 2 amide bonds. The van der Waals surface area contributed by atoms with Crippen molar-refractivity contribution in [2.75, 3.05) is 12.0 Å². The van der Waals surface area contributed by atoms with Crippen LogP contribution >= 0.6 is 46.4 Å². The highest BCUT2D eigenvalue weighted by atomic mass is 35.5. The summed E-state index contributed by atoms with van der Waals surface area (Å²) < 4.78 is 5.04. The number of ether oxygens (including phenoxy) is 1. The molecule has 3 aromatic rings. The Hall–Kier alpha value is -2.61. The molecule has 0 bridgehead atoms. The van der Waals surface area contributed by atoms with Crippen molar-refractivity contribution >= 4 is 69.9 Å². The van der Waals surface area contributed by atoms with Gasteiger partial charge >= 0.3 is 5.97 Å². The first-order valence-corrected chi connectivity index (χ1v) is 12.4. The Labute approximate surface area is 227 Å². The number of benzene rings is 3. The van der Waals surface area contributed by atoms with Gasteiger partial charge in [-0.2, -0.15) is 0 Å². The minimum Gasteiger partial charge on any atom is -0.468 e. The molecule has 0 unspecified atom stereocenters. The second kappa shape index (κ2) is 9.36. The number of imide groups is 1. The Morgan fingerprint density at radius 1 is 0.861 bits per heavy atom. The van der Waals surface area contributed by atoms with Crippen LogP contribution < -0.4 is 10.2 Å². The number of amides is 2. The maximum Gasteiger partial charge on any atom is 0.323 e. The molecule has 3 aromatic carbocycles. The summed E-state index contributed by atoms with van der Waals surface area (Å²) in [5, 5.41) is 4.36. The third kappa shape index (κ3) is 3.71. The average Bonchev–Trinajstić information content (AvgIpc) is 3.34. The smallest absolute Gasteiger partial charge is 0.323 e. The number of carbonyl (C=O) groups excluding carboxylic acids is 3. The fraction of sp³-hybridized carbons (Fsp3) is 0.192. The van der Waals surface area contributed by atoms with E-state index in [4.69, 9.17) is 51.1 Å². The molecule has 10 heteroatoms. The molecule has 2 aliphatic rings. The van der Waals surface area contributed by atoms with Crippen molar-refractivity contribution in [3.05, 3.63) is 97.9 Å². The summed E-state index contributed by atoms with van der Waals surface area (Å²) in [5.74, 6) is -4.06. The molecule has 5 rings (SSSR count). The van der Waals surface area contributed by atoms with E-state index in [-0.39, 0.29) is 15.7 Å². The molecule has 2 heterocycles. The molecule has 0 aliphatic carbocycles. The Balaban J connectivity index is 1.81. The number of hydrogen-bond acceptors (Lipinski definition) is 5. The number of halogens is 4. The van der Waals surface area contributed by atoms with Crippen molar-refractivity contribution in [3.63, 3.8) is 0 Å². The number of carbonyl (C=O) groups is 3. The quantitative estimate of drug-likeness (QED) is 0.335. The maximum atomic E-state index is 14.2. The molecule has 2 fully saturated rings. The lowest BCUT2D eigenvalue weighted by molar-refractivity contribution is -0.145. The van der Waals surface area contributed by atoms with Gasteiger partial charge in [0.15, 0.2) is 0 Å². The van der Waals surface area contributed by atoms with Crippen LogP contribution in [0.5, 0.6) is 0 Å². The van der Waals surface area contributed by atoms with Crippen molar-refractivity contribution in [3.8, 4) is 0 Å². The zero-order valence-electron chi connectivity index (χ0n) is 18.7. The van der Waals surface area contributed by atoms with Crippen LogP contribution in [0.4, 0.5) is 5.69 Å². The van der Waals surface area contributed by atoms with Crippen LogP contribution in [0.2, 0.25) is 20.1 Å². The average molecular weight is 564 g/mol. The largest absolute Gasteiger partial charge is 0.468 e. The zero-order valence-corrected chi connectivity index (χ0v) is 21.7. The number of nitrogens with zero attached hydrogens (tertiary/aromatic N) is 1. The number of hydrogen-bond donors (Lipinski definition) is 1. The van der Waals surface area contributed by atoms with E-state index in [2.05, 4.69) is 5.32 Å².